The lowest BCUT2D eigenvalue weighted by Crippen LogP contribution is -2.09. The molecular formula is C76H147NO3. The van der Waals surface area contributed by atoms with E-state index in [1.54, 1.807) is 0 Å². The summed E-state index contributed by atoms with van der Waals surface area (Å²) in [4.78, 5) is 0. The lowest BCUT2D eigenvalue weighted by Gasteiger charge is -2.20. The standard InChI is InChI=1S/C76H147NO3/c1-4-7-10-13-16-19-22-25-28-31-34-37-40-43-46-49-52-55-58-61-64-69-78-74-68-67-73(72-77)75(79-70-65-62-59-56-53-50-47-44-41-38-35-32-29-26-23-20-17-14-11-8-5-2)76(74)80-71-66-63-60-57-54-51-48-45-42-39-36-33-30-27-24-21-18-15-12-9-6-3/h67-68H,4-66,69-72,77H2,1-3H3. The number of rotatable bonds is 70. The van der Waals surface area contributed by atoms with Crippen LogP contribution in [-0.2, 0) is 6.54 Å². The Morgan fingerprint density at radius 3 is 0.588 bits per heavy atom. The van der Waals surface area contributed by atoms with Gasteiger partial charge in [-0.05, 0) is 25.3 Å². The van der Waals surface area contributed by atoms with Gasteiger partial charge in [0, 0.05) is 12.1 Å². The molecule has 0 aliphatic carbocycles. The third-order valence-electron chi connectivity index (χ3n) is 17.9. The molecule has 0 aliphatic rings. The summed E-state index contributed by atoms with van der Waals surface area (Å²) >= 11 is 0. The van der Waals surface area contributed by atoms with Crippen LogP contribution < -0.4 is 19.9 Å². The SMILES string of the molecule is CCCCCCCCCCCCCCCCCCCCCCCOc1ccc(CN)c(OCCCCCCCCCCCCCCCCCCCCCCC)c1OCCCCCCCCCCCCCCCCCCCCCCC. The van der Waals surface area contributed by atoms with Crippen LogP contribution in [0.5, 0.6) is 17.2 Å². The molecule has 0 unspecified atom stereocenters. The van der Waals surface area contributed by atoms with E-state index in [2.05, 4.69) is 32.9 Å². The summed E-state index contributed by atoms with van der Waals surface area (Å²) in [5, 5.41) is 0. The van der Waals surface area contributed by atoms with Gasteiger partial charge in [0.25, 0.3) is 0 Å². The summed E-state index contributed by atoms with van der Waals surface area (Å²) in [6, 6.07) is 4.21. The van der Waals surface area contributed by atoms with Gasteiger partial charge in [-0.25, -0.2) is 0 Å². The van der Waals surface area contributed by atoms with Crippen LogP contribution in [0.1, 0.15) is 431 Å². The van der Waals surface area contributed by atoms with Gasteiger partial charge in [-0.1, -0.05) is 412 Å². The van der Waals surface area contributed by atoms with Crippen molar-refractivity contribution < 1.29 is 14.2 Å². The molecule has 4 heteroatoms. The van der Waals surface area contributed by atoms with Crippen LogP contribution in [0.3, 0.4) is 0 Å². The molecule has 1 aromatic carbocycles. The molecule has 0 saturated heterocycles. The topological polar surface area (TPSA) is 53.7 Å². The molecule has 80 heavy (non-hydrogen) atoms. The number of ether oxygens (including phenoxy) is 3. The van der Waals surface area contributed by atoms with Gasteiger partial charge in [-0.15, -0.1) is 0 Å². The normalized spacial score (nSPS) is 11.6. The van der Waals surface area contributed by atoms with Crippen molar-refractivity contribution in [2.75, 3.05) is 19.8 Å². The Morgan fingerprint density at radius 2 is 0.388 bits per heavy atom. The second-order valence-electron chi connectivity index (χ2n) is 25.8. The van der Waals surface area contributed by atoms with Crippen molar-refractivity contribution in [2.24, 2.45) is 5.73 Å². The first-order valence-corrected chi connectivity index (χ1v) is 37.5. The van der Waals surface area contributed by atoms with E-state index < -0.39 is 0 Å². The molecule has 0 saturated carbocycles. The van der Waals surface area contributed by atoms with E-state index in [9.17, 15) is 0 Å². The fraction of sp³-hybridized carbons (Fsp3) is 0.921. The number of benzene rings is 1. The van der Waals surface area contributed by atoms with Gasteiger partial charge in [0.15, 0.2) is 11.5 Å². The van der Waals surface area contributed by atoms with Crippen molar-refractivity contribution in [2.45, 2.75) is 432 Å². The van der Waals surface area contributed by atoms with Gasteiger partial charge in [-0.3, -0.25) is 0 Å². The smallest absolute Gasteiger partial charge is 0.203 e. The molecule has 0 bridgehead atoms. The zero-order valence-electron chi connectivity index (χ0n) is 55.3. The Labute approximate surface area is 504 Å². The van der Waals surface area contributed by atoms with Crippen LogP contribution in [0.25, 0.3) is 0 Å². The monoisotopic (exact) mass is 1120 g/mol. The van der Waals surface area contributed by atoms with Crippen LogP contribution in [0.15, 0.2) is 12.1 Å². The highest BCUT2D eigenvalue weighted by Gasteiger charge is 2.18. The first-order chi connectivity index (χ1) is 39.8. The van der Waals surface area contributed by atoms with Crippen LogP contribution in [0.4, 0.5) is 0 Å². The van der Waals surface area contributed by atoms with Gasteiger partial charge < -0.3 is 19.9 Å². The summed E-state index contributed by atoms with van der Waals surface area (Å²) in [6.45, 7) is 9.53. The first-order valence-electron chi connectivity index (χ1n) is 37.5. The van der Waals surface area contributed by atoms with E-state index >= 15 is 0 Å². The first kappa shape index (κ1) is 76.6. The second-order valence-corrected chi connectivity index (χ2v) is 25.8. The van der Waals surface area contributed by atoms with Gasteiger partial charge in [0.05, 0.1) is 19.8 Å². The van der Waals surface area contributed by atoms with E-state index in [4.69, 9.17) is 19.9 Å². The maximum Gasteiger partial charge on any atom is 0.203 e. The lowest BCUT2D eigenvalue weighted by molar-refractivity contribution is 0.233. The fourth-order valence-corrected chi connectivity index (χ4v) is 12.3. The molecule has 0 heterocycles. The molecule has 0 spiro atoms. The Hall–Kier alpha value is -1.42. The van der Waals surface area contributed by atoms with Crippen LogP contribution in [0.2, 0.25) is 0 Å². The molecule has 0 aliphatic heterocycles. The van der Waals surface area contributed by atoms with Gasteiger partial charge in [0.2, 0.25) is 5.75 Å². The molecule has 0 amide bonds. The van der Waals surface area contributed by atoms with Crippen molar-refractivity contribution >= 4 is 0 Å². The summed E-state index contributed by atoms with van der Waals surface area (Å²) in [5.74, 6) is 2.47. The summed E-state index contributed by atoms with van der Waals surface area (Å²) in [6.07, 6.45) is 88.3. The number of nitrogens with two attached hydrogens (primary N) is 1. The number of hydrogen-bond donors (Lipinski definition) is 1. The molecule has 1 rings (SSSR count). The molecule has 4 nitrogen and oxygen atoms in total. The number of unbranched alkanes of at least 4 members (excludes halogenated alkanes) is 60. The van der Waals surface area contributed by atoms with E-state index in [0.717, 1.165) is 48.7 Å². The average Bonchev–Trinajstić information content (AvgIpc) is 3.50. The Balaban J connectivity index is 2.34. The Kier molecular flexibility index (Phi) is 63.9. The summed E-state index contributed by atoms with van der Waals surface area (Å²) in [5.41, 5.74) is 7.38. The lowest BCUT2D eigenvalue weighted by atomic mass is 10.0. The average molecular weight is 1120 g/mol. The quantitative estimate of drug-likeness (QED) is 0.0661. The van der Waals surface area contributed by atoms with Crippen molar-refractivity contribution in [3.05, 3.63) is 17.7 Å². The zero-order chi connectivity index (χ0) is 57.2. The minimum atomic E-state index is 0.448. The molecule has 1 aromatic rings. The predicted molar refractivity (Wildman–Crippen MR) is 359 cm³/mol. The maximum atomic E-state index is 6.65. The minimum absolute atomic E-state index is 0.448. The molecule has 0 radical (unpaired) electrons. The largest absolute Gasteiger partial charge is 0.490 e. The van der Waals surface area contributed by atoms with Crippen molar-refractivity contribution in [3.8, 4) is 17.2 Å². The Bertz CT molecular complexity index is 1300. The van der Waals surface area contributed by atoms with E-state index in [1.165, 1.54) is 385 Å². The molecule has 0 fully saturated rings. The zero-order valence-corrected chi connectivity index (χ0v) is 55.3. The third-order valence-corrected chi connectivity index (χ3v) is 17.9. The Morgan fingerprint density at radius 1 is 0.212 bits per heavy atom. The van der Waals surface area contributed by atoms with Crippen LogP contribution >= 0.6 is 0 Å². The van der Waals surface area contributed by atoms with Gasteiger partial charge in [-0.2, -0.15) is 0 Å². The highest BCUT2D eigenvalue weighted by Crippen LogP contribution is 2.41. The third kappa shape index (κ3) is 54.5. The second kappa shape index (κ2) is 66.7. The summed E-state index contributed by atoms with van der Waals surface area (Å²) < 4.78 is 19.8. The van der Waals surface area contributed by atoms with Gasteiger partial charge >= 0.3 is 0 Å². The van der Waals surface area contributed by atoms with Crippen LogP contribution in [0, 0.1) is 0 Å². The van der Waals surface area contributed by atoms with Crippen LogP contribution in [-0.4, -0.2) is 19.8 Å². The highest BCUT2D eigenvalue weighted by atomic mass is 16.5. The molecule has 0 atom stereocenters. The molecule has 474 valence electrons. The van der Waals surface area contributed by atoms with E-state index in [1.807, 2.05) is 0 Å². The van der Waals surface area contributed by atoms with E-state index in [0.29, 0.717) is 19.8 Å². The molecule has 2 N–H and O–H groups in total. The maximum absolute atomic E-state index is 6.65. The van der Waals surface area contributed by atoms with Crippen molar-refractivity contribution in [1.29, 1.82) is 0 Å². The predicted octanol–water partition coefficient (Wildman–Crippen LogP) is 26.9. The summed E-state index contributed by atoms with van der Waals surface area (Å²) in [7, 11) is 0. The van der Waals surface area contributed by atoms with Crippen molar-refractivity contribution in [1.82, 2.24) is 0 Å². The highest BCUT2D eigenvalue weighted by molar-refractivity contribution is 5.56. The number of hydrogen-bond acceptors (Lipinski definition) is 4. The molecular weight excluding hydrogens is 975 g/mol. The minimum Gasteiger partial charge on any atom is -0.490 e. The van der Waals surface area contributed by atoms with Gasteiger partial charge in [0.1, 0.15) is 0 Å². The van der Waals surface area contributed by atoms with E-state index in [-0.39, 0.29) is 0 Å². The molecule has 0 aromatic heterocycles. The van der Waals surface area contributed by atoms with Crippen molar-refractivity contribution in [3.63, 3.8) is 0 Å². The fourth-order valence-electron chi connectivity index (χ4n) is 12.3.